The molecule has 0 saturated carbocycles. The second kappa shape index (κ2) is 9.20. The molecule has 0 unspecified atom stereocenters. The Labute approximate surface area is 162 Å². The molecule has 0 bridgehead atoms. The Morgan fingerprint density at radius 3 is 2.25 bits per heavy atom. The van der Waals surface area contributed by atoms with Gasteiger partial charge in [0.1, 0.15) is 5.82 Å². The van der Waals surface area contributed by atoms with E-state index in [9.17, 15) is 22.4 Å². The van der Waals surface area contributed by atoms with Gasteiger partial charge in [0.25, 0.3) is 11.8 Å². The highest BCUT2D eigenvalue weighted by molar-refractivity contribution is 7.89. The van der Waals surface area contributed by atoms with Crippen molar-refractivity contribution in [2.24, 2.45) is 5.10 Å². The fourth-order valence-electron chi connectivity index (χ4n) is 2.02. The lowest BCUT2D eigenvalue weighted by Crippen LogP contribution is -2.34. The van der Waals surface area contributed by atoms with Gasteiger partial charge in [-0.25, -0.2) is 22.5 Å². The Morgan fingerprint density at radius 1 is 1.07 bits per heavy atom. The van der Waals surface area contributed by atoms with E-state index in [-0.39, 0.29) is 22.8 Å². The highest BCUT2D eigenvalue weighted by atomic mass is 32.2. The molecular formula is C18H19FN4O4S. The fourth-order valence-corrected chi connectivity index (χ4v) is 2.92. The van der Waals surface area contributed by atoms with Crippen LogP contribution in [0.15, 0.2) is 58.5 Å². The van der Waals surface area contributed by atoms with Crippen molar-refractivity contribution >= 4 is 28.1 Å². The van der Waals surface area contributed by atoms with Crippen LogP contribution in [0, 0.1) is 5.82 Å². The van der Waals surface area contributed by atoms with Crippen molar-refractivity contribution in [1.29, 1.82) is 0 Å². The van der Waals surface area contributed by atoms with E-state index in [1.54, 1.807) is 0 Å². The predicted octanol–water partition coefficient (Wildman–Crippen LogP) is 0.956. The molecule has 0 aromatic heterocycles. The van der Waals surface area contributed by atoms with Crippen LogP contribution in [0.3, 0.4) is 0 Å². The van der Waals surface area contributed by atoms with Gasteiger partial charge in [0.2, 0.25) is 10.0 Å². The van der Waals surface area contributed by atoms with E-state index in [1.807, 2.05) is 0 Å². The molecule has 0 spiro atoms. The van der Waals surface area contributed by atoms with Crippen molar-refractivity contribution < 1.29 is 22.4 Å². The predicted molar refractivity (Wildman–Crippen MR) is 102 cm³/mol. The fraction of sp³-hybridized carbons (Fsp3) is 0.167. The number of carbonyl (C=O) groups excluding carboxylic acids is 2. The van der Waals surface area contributed by atoms with Gasteiger partial charge in [-0.2, -0.15) is 5.10 Å². The van der Waals surface area contributed by atoms with E-state index < -0.39 is 21.8 Å². The Balaban J connectivity index is 1.86. The van der Waals surface area contributed by atoms with E-state index in [0.29, 0.717) is 5.56 Å². The summed E-state index contributed by atoms with van der Waals surface area (Å²) in [6.45, 7) is -0.322. The lowest BCUT2D eigenvalue weighted by atomic mass is 10.2. The Morgan fingerprint density at radius 2 is 1.68 bits per heavy atom. The van der Waals surface area contributed by atoms with E-state index in [4.69, 9.17) is 0 Å². The van der Waals surface area contributed by atoms with E-state index in [0.717, 1.165) is 4.31 Å². The standard InChI is InChI=1S/C18H19FN4O4S/c1-23(2)28(26,27)16-9-5-14(6-10-16)18(25)20-12-17(24)22-21-11-13-3-7-15(19)8-4-13/h3-11H,12H2,1-2H3,(H,20,25)(H,22,24)/b21-11+. The zero-order chi connectivity index (χ0) is 20.7. The molecule has 2 amide bonds. The van der Waals surface area contributed by atoms with Gasteiger partial charge in [-0.15, -0.1) is 0 Å². The zero-order valence-electron chi connectivity index (χ0n) is 15.2. The van der Waals surface area contributed by atoms with Crippen molar-refractivity contribution in [3.05, 3.63) is 65.5 Å². The SMILES string of the molecule is CN(C)S(=O)(=O)c1ccc(C(=O)NCC(=O)N/N=C/c2ccc(F)cc2)cc1. The number of hydrogen-bond donors (Lipinski definition) is 2. The molecular weight excluding hydrogens is 387 g/mol. The number of sulfonamides is 1. The minimum Gasteiger partial charge on any atom is -0.343 e. The van der Waals surface area contributed by atoms with E-state index >= 15 is 0 Å². The molecule has 0 aliphatic rings. The van der Waals surface area contributed by atoms with E-state index in [2.05, 4.69) is 15.8 Å². The number of hydrazone groups is 1. The average Bonchev–Trinajstić information content (AvgIpc) is 2.67. The second-order valence-electron chi connectivity index (χ2n) is 5.84. The molecule has 28 heavy (non-hydrogen) atoms. The third kappa shape index (κ3) is 5.69. The summed E-state index contributed by atoms with van der Waals surface area (Å²) in [5.74, 6) is -1.47. The lowest BCUT2D eigenvalue weighted by Gasteiger charge is -2.11. The number of hydrogen-bond acceptors (Lipinski definition) is 5. The number of amides is 2. The van der Waals surface area contributed by atoms with Gasteiger partial charge in [0, 0.05) is 19.7 Å². The van der Waals surface area contributed by atoms with Gasteiger partial charge in [0.05, 0.1) is 17.7 Å². The van der Waals surface area contributed by atoms with Crippen molar-refractivity contribution in [2.75, 3.05) is 20.6 Å². The maximum atomic E-state index is 12.8. The van der Waals surface area contributed by atoms with Crippen LogP contribution in [0.25, 0.3) is 0 Å². The van der Waals surface area contributed by atoms with Crippen molar-refractivity contribution in [3.8, 4) is 0 Å². The van der Waals surface area contributed by atoms with Gasteiger partial charge >= 0.3 is 0 Å². The third-order valence-electron chi connectivity index (χ3n) is 3.58. The maximum absolute atomic E-state index is 12.8. The molecule has 0 heterocycles. The molecule has 2 rings (SSSR count). The number of nitrogens with one attached hydrogen (secondary N) is 2. The first kappa shape index (κ1) is 21.2. The molecule has 8 nitrogen and oxygen atoms in total. The van der Waals surface area contributed by atoms with Crippen molar-refractivity contribution in [3.63, 3.8) is 0 Å². The maximum Gasteiger partial charge on any atom is 0.259 e. The van der Waals surface area contributed by atoms with Crippen LogP contribution >= 0.6 is 0 Å². The summed E-state index contributed by atoms with van der Waals surface area (Å²) in [6, 6.07) is 10.9. The highest BCUT2D eigenvalue weighted by Crippen LogP contribution is 2.13. The first-order valence-electron chi connectivity index (χ1n) is 8.08. The van der Waals surface area contributed by atoms with Gasteiger partial charge in [0.15, 0.2) is 0 Å². The molecule has 0 radical (unpaired) electrons. The van der Waals surface area contributed by atoms with Crippen molar-refractivity contribution in [1.82, 2.24) is 15.0 Å². The molecule has 0 aliphatic heterocycles. The summed E-state index contributed by atoms with van der Waals surface area (Å²) in [7, 11) is -0.760. The average molecular weight is 406 g/mol. The zero-order valence-corrected chi connectivity index (χ0v) is 16.0. The summed E-state index contributed by atoms with van der Waals surface area (Å²) >= 11 is 0. The molecule has 0 fully saturated rings. The first-order chi connectivity index (χ1) is 13.2. The van der Waals surface area contributed by atoms with Crippen LogP contribution in [0.2, 0.25) is 0 Å². The Kier molecular flexibility index (Phi) is 6.96. The van der Waals surface area contributed by atoms with Gasteiger partial charge < -0.3 is 5.32 Å². The summed E-state index contributed by atoms with van der Waals surface area (Å²) in [4.78, 5) is 23.8. The highest BCUT2D eigenvalue weighted by Gasteiger charge is 2.17. The van der Waals surface area contributed by atoms with Crippen molar-refractivity contribution in [2.45, 2.75) is 4.90 Å². The number of rotatable bonds is 7. The number of halogens is 1. The Bertz CT molecular complexity index is 972. The molecule has 148 valence electrons. The first-order valence-corrected chi connectivity index (χ1v) is 9.52. The smallest absolute Gasteiger partial charge is 0.259 e. The lowest BCUT2D eigenvalue weighted by molar-refractivity contribution is -0.120. The molecule has 2 N–H and O–H groups in total. The molecule has 0 saturated heterocycles. The normalized spacial score (nSPS) is 11.6. The minimum atomic E-state index is -3.58. The molecule has 2 aromatic rings. The summed E-state index contributed by atoms with van der Waals surface area (Å²) in [5.41, 5.74) is 3.04. The monoisotopic (exact) mass is 406 g/mol. The van der Waals surface area contributed by atoms with Crippen LogP contribution < -0.4 is 10.7 Å². The topological polar surface area (TPSA) is 108 Å². The van der Waals surface area contributed by atoms with Crippen LogP contribution in [0.5, 0.6) is 0 Å². The number of benzene rings is 2. The molecule has 0 aliphatic carbocycles. The second-order valence-corrected chi connectivity index (χ2v) is 7.99. The van der Waals surface area contributed by atoms with Gasteiger partial charge in [-0.1, -0.05) is 12.1 Å². The van der Waals surface area contributed by atoms with Crippen LogP contribution in [-0.4, -0.2) is 51.4 Å². The molecule has 10 heteroatoms. The summed E-state index contributed by atoms with van der Waals surface area (Å²) in [6.07, 6.45) is 1.34. The van der Waals surface area contributed by atoms with Gasteiger partial charge in [-0.05, 0) is 42.0 Å². The number of nitrogens with zero attached hydrogens (tertiary/aromatic N) is 2. The minimum absolute atomic E-state index is 0.0573. The van der Waals surface area contributed by atoms with E-state index in [1.165, 1.54) is 68.8 Å². The van der Waals surface area contributed by atoms with Crippen LogP contribution in [0.1, 0.15) is 15.9 Å². The largest absolute Gasteiger partial charge is 0.343 e. The quantitative estimate of drug-likeness (QED) is 0.527. The summed E-state index contributed by atoms with van der Waals surface area (Å²) < 4.78 is 37.8. The molecule has 0 atom stereocenters. The third-order valence-corrected chi connectivity index (χ3v) is 5.41. The molecule has 2 aromatic carbocycles. The van der Waals surface area contributed by atoms with Crippen LogP contribution in [0.4, 0.5) is 4.39 Å². The number of carbonyl (C=O) groups is 2. The van der Waals surface area contributed by atoms with Crippen LogP contribution in [-0.2, 0) is 14.8 Å². The Hall–Kier alpha value is -3.11. The van der Waals surface area contributed by atoms with Gasteiger partial charge in [-0.3, -0.25) is 9.59 Å². The summed E-state index contributed by atoms with van der Waals surface area (Å²) in [5, 5.41) is 6.11.